The van der Waals surface area contributed by atoms with E-state index in [1.807, 2.05) is 0 Å². The highest BCUT2D eigenvalue weighted by atomic mass is 35.5. The number of rotatable bonds is 3. The number of aliphatic carboxylic acids is 1. The number of hydrogen-bond acceptors (Lipinski definition) is 4. The first-order chi connectivity index (χ1) is 10.5. The van der Waals surface area contributed by atoms with Crippen LogP contribution in [0, 0.1) is 11.8 Å². The van der Waals surface area contributed by atoms with Gasteiger partial charge in [0, 0.05) is 22.5 Å². The molecule has 0 heterocycles. The monoisotopic (exact) mass is 321 g/mol. The number of nitrogens with one attached hydrogen (secondary N) is 2. The smallest absolute Gasteiger partial charge is 0.269 e. The zero-order valence-corrected chi connectivity index (χ0v) is 12.3. The lowest BCUT2D eigenvalue weighted by Crippen LogP contribution is -2.49. The van der Waals surface area contributed by atoms with Crippen molar-refractivity contribution in [2.75, 3.05) is 0 Å². The molecule has 0 aromatic heterocycles. The molecule has 0 radical (unpaired) electrons. The van der Waals surface area contributed by atoms with Crippen LogP contribution in [0.4, 0.5) is 0 Å². The van der Waals surface area contributed by atoms with Crippen molar-refractivity contribution in [1.29, 1.82) is 0 Å². The molecule has 1 aliphatic carbocycles. The predicted octanol–water partition coefficient (Wildman–Crippen LogP) is 0.433. The maximum atomic E-state index is 12.0. The predicted molar refractivity (Wildman–Crippen MR) is 77.4 cm³/mol. The van der Waals surface area contributed by atoms with E-state index < -0.39 is 29.6 Å². The quantitative estimate of drug-likeness (QED) is 0.623. The molecule has 2 amide bonds. The fourth-order valence-corrected chi connectivity index (χ4v) is 2.37. The second-order valence-corrected chi connectivity index (χ2v) is 5.36. The van der Waals surface area contributed by atoms with Gasteiger partial charge in [-0.05, 0) is 37.1 Å². The van der Waals surface area contributed by atoms with E-state index in [2.05, 4.69) is 10.9 Å². The van der Waals surface area contributed by atoms with Gasteiger partial charge in [0.05, 0.1) is 5.92 Å². The van der Waals surface area contributed by atoms with Crippen LogP contribution >= 0.6 is 11.6 Å². The molecule has 0 fully saturated rings. The molecule has 7 heteroatoms. The molecular weight excluding hydrogens is 308 g/mol. The Morgan fingerprint density at radius 1 is 1.00 bits per heavy atom. The molecule has 6 nitrogen and oxygen atoms in total. The Kier molecular flexibility index (Phi) is 5.16. The van der Waals surface area contributed by atoms with Crippen molar-refractivity contribution in [2.24, 2.45) is 11.8 Å². The SMILES string of the molecule is O=C(NNC(=O)C1CC=CCC1C(=O)[O-])c1ccc(Cl)cc1. The number of allylic oxidation sites excluding steroid dienone is 2. The molecule has 1 aromatic rings. The molecule has 2 N–H and O–H groups in total. The number of halogens is 1. The van der Waals surface area contributed by atoms with Gasteiger partial charge in [-0.15, -0.1) is 0 Å². The van der Waals surface area contributed by atoms with Gasteiger partial charge in [0.15, 0.2) is 0 Å². The first kappa shape index (κ1) is 16.0. The lowest BCUT2D eigenvalue weighted by atomic mass is 9.82. The van der Waals surface area contributed by atoms with Crippen molar-refractivity contribution in [3.05, 3.63) is 47.0 Å². The Morgan fingerprint density at radius 3 is 2.18 bits per heavy atom. The van der Waals surface area contributed by atoms with Crippen LogP contribution in [0.3, 0.4) is 0 Å². The maximum Gasteiger partial charge on any atom is 0.269 e. The second kappa shape index (κ2) is 7.09. The van der Waals surface area contributed by atoms with E-state index in [4.69, 9.17) is 11.6 Å². The van der Waals surface area contributed by atoms with Gasteiger partial charge in [0.25, 0.3) is 5.91 Å². The summed E-state index contributed by atoms with van der Waals surface area (Å²) in [6.45, 7) is 0. The van der Waals surface area contributed by atoms with Crippen molar-refractivity contribution < 1.29 is 19.5 Å². The van der Waals surface area contributed by atoms with Gasteiger partial charge in [-0.1, -0.05) is 23.8 Å². The molecule has 0 bridgehead atoms. The van der Waals surface area contributed by atoms with E-state index in [1.54, 1.807) is 24.3 Å². The molecule has 2 unspecified atom stereocenters. The number of amides is 2. The minimum Gasteiger partial charge on any atom is -0.550 e. The Bertz CT molecular complexity index is 612. The van der Waals surface area contributed by atoms with Gasteiger partial charge in [-0.3, -0.25) is 20.4 Å². The minimum atomic E-state index is -1.27. The Hall–Kier alpha value is -2.34. The van der Waals surface area contributed by atoms with Crippen molar-refractivity contribution in [3.63, 3.8) is 0 Å². The highest BCUT2D eigenvalue weighted by Gasteiger charge is 2.30. The Labute approximate surface area is 132 Å². The van der Waals surface area contributed by atoms with Crippen molar-refractivity contribution in [2.45, 2.75) is 12.8 Å². The molecule has 22 heavy (non-hydrogen) atoms. The van der Waals surface area contributed by atoms with E-state index in [1.165, 1.54) is 12.1 Å². The van der Waals surface area contributed by atoms with Crippen LogP contribution in [0.1, 0.15) is 23.2 Å². The molecule has 0 saturated carbocycles. The molecule has 0 spiro atoms. The maximum absolute atomic E-state index is 12.0. The number of hydrogen-bond donors (Lipinski definition) is 2. The van der Waals surface area contributed by atoms with Crippen LogP contribution in [-0.2, 0) is 9.59 Å². The van der Waals surface area contributed by atoms with E-state index in [0.717, 1.165) is 0 Å². The third-order valence-electron chi connectivity index (χ3n) is 3.48. The summed E-state index contributed by atoms with van der Waals surface area (Å²) in [7, 11) is 0. The second-order valence-electron chi connectivity index (χ2n) is 4.93. The van der Waals surface area contributed by atoms with Crippen molar-refractivity contribution in [1.82, 2.24) is 10.9 Å². The first-order valence-electron chi connectivity index (χ1n) is 6.70. The average molecular weight is 322 g/mol. The van der Waals surface area contributed by atoms with Gasteiger partial charge in [0.2, 0.25) is 5.91 Å². The summed E-state index contributed by atoms with van der Waals surface area (Å²) in [6.07, 6.45) is 3.98. The largest absolute Gasteiger partial charge is 0.550 e. The summed E-state index contributed by atoms with van der Waals surface area (Å²) in [6, 6.07) is 6.13. The van der Waals surface area contributed by atoms with Crippen molar-refractivity contribution in [3.8, 4) is 0 Å². The van der Waals surface area contributed by atoms with Gasteiger partial charge in [-0.25, -0.2) is 0 Å². The summed E-state index contributed by atoms with van der Waals surface area (Å²) in [5.74, 6) is -3.99. The summed E-state index contributed by atoms with van der Waals surface area (Å²) in [5.41, 5.74) is 4.83. The molecule has 1 aromatic carbocycles. The number of carboxylic acid groups (broad SMARTS) is 1. The third-order valence-corrected chi connectivity index (χ3v) is 3.73. The van der Waals surface area contributed by atoms with Crippen LogP contribution in [0.5, 0.6) is 0 Å². The first-order valence-corrected chi connectivity index (χ1v) is 7.08. The standard InChI is InChI=1S/C15H15ClN2O4/c16-10-7-5-9(6-8-10)13(19)17-18-14(20)11-3-1-2-4-12(11)15(21)22/h1-2,5-8,11-12H,3-4H2,(H,17,19)(H,18,20)(H,21,22)/p-1. The van der Waals surface area contributed by atoms with Gasteiger partial charge in [-0.2, -0.15) is 0 Å². The van der Waals surface area contributed by atoms with E-state index >= 15 is 0 Å². The van der Waals surface area contributed by atoms with Crippen LogP contribution in [-0.4, -0.2) is 17.8 Å². The molecular formula is C15H14ClN2O4-. The summed E-state index contributed by atoms with van der Waals surface area (Å²) in [5, 5.41) is 11.5. The number of hydrazine groups is 1. The van der Waals surface area contributed by atoms with E-state index in [-0.39, 0.29) is 6.42 Å². The van der Waals surface area contributed by atoms with Crippen LogP contribution < -0.4 is 16.0 Å². The van der Waals surface area contributed by atoms with Crippen molar-refractivity contribution >= 4 is 29.4 Å². The molecule has 2 rings (SSSR count). The lowest BCUT2D eigenvalue weighted by molar-refractivity contribution is -0.313. The molecule has 0 aliphatic heterocycles. The third kappa shape index (κ3) is 3.85. The number of carbonyl (C=O) groups excluding carboxylic acids is 3. The van der Waals surface area contributed by atoms with Crippen LogP contribution in [0.15, 0.2) is 36.4 Å². The van der Waals surface area contributed by atoms with E-state index in [0.29, 0.717) is 17.0 Å². The number of carboxylic acids is 1. The van der Waals surface area contributed by atoms with Gasteiger partial charge < -0.3 is 9.90 Å². The van der Waals surface area contributed by atoms with Gasteiger partial charge >= 0.3 is 0 Å². The molecule has 1 aliphatic rings. The highest BCUT2D eigenvalue weighted by molar-refractivity contribution is 6.30. The van der Waals surface area contributed by atoms with Crippen LogP contribution in [0.25, 0.3) is 0 Å². The molecule has 116 valence electrons. The Balaban J connectivity index is 1.94. The lowest BCUT2D eigenvalue weighted by Gasteiger charge is -2.28. The average Bonchev–Trinajstić information content (AvgIpc) is 2.53. The number of carbonyl (C=O) groups is 3. The molecule has 2 atom stereocenters. The van der Waals surface area contributed by atoms with E-state index in [9.17, 15) is 19.5 Å². The zero-order chi connectivity index (χ0) is 16.1. The van der Waals surface area contributed by atoms with Gasteiger partial charge in [0.1, 0.15) is 0 Å². The molecule has 0 saturated heterocycles. The topological polar surface area (TPSA) is 98.3 Å². The van der Waals surface area contributed by atoms with Crippen LogP contribution in [0.2, 0.25) is 5.02 Å². The zero-order valence-electron chi connectivity index (χ0n) is 11.5. The summed E-state index contributed by atoms with van der Waals surface area (Å²) in [4.78, 5) is 34.9. The fraction of sp³-hybridized carbons (Fsp3) is 0.267. The Morgan fingerprint density at radius 2 is 1.59 bits per heavy atom. The summed E-state index contributed by atoms with van der Waals surface area (Å²) < 4.78 is 0. The summed E-state index contributed by atoms with van der Waals surface area (Å²) >= 11 is 5.72. The normalized spacial score (nSPS) is 20.2. The fourth-order valence-electron chi connectivity index (χ4n) is 2.25. The highest BCUT2D eigenvalue weighted by Crippen LogP contribution is 2.25. The number of benzene rings is 1. The minimum absolute atomic E-state index is 0.242.